The molecule has 0 bridgehead atoms. The molecule has 0 amide bonds. The standard InChI is InChI=1S/C16H19N3O3/c1-11(2)12-8-13(16(20)15(9-12)19(21)22)10-17-18-14-6-4-3-5-7-14/h3-9,11,17-18,20H,10H2,1-2H3. The summed E-state index contributed by atoms with van der Waals surface area (Å²) in [6.07, 6.45) is 0. The Balaban J connectivity index is 2.17. The summed E-state index contributed by atoms with van der Waals surface area (Å²) in [6.45, 7) is 4.17. The number of aromatic hydroxyl groups is 1. The molecule has 2 rings (SSSR count). The number of nitro benzene ring substituents is 1. The Morgan fingerprint density at radius 1 is 1.23 bits per heavy atom. The number of hydrazine groups is 1. The van der Waals surface area contributed by atoms with Gasteiger partial charge in [0.15, 0.2) is 5.75 Å². The minimum absolute atomic E-state index is 0.139. The van der Waals surface area contributed by atoms with Gasteiger partial charge in [-0.15, -0.1) is 0 Å². The van der Waals surface area contributed by atoms with E-state index in [1.165, 1.54) is 6.07 Å². The van der Waals surface area contributed by atoms with E-state index in [1.54, 1.807) is 6.07 Å². The summed E-state index contributed by atoms with van der Waals surface area (Å²) in [5, 5.41) is 21.1. The summed E-state index contributed by atoms with van der Waals surface area (Å²) < 4.78 is 0. The fourth-order valence-electron chi connectivity index (χ4n) is 2.07. The fourth-order valence-corrected chi connectivity index (χ4v) is 2.07. The van der Waals surface area contributed by atoms with E-state index in [-0.39, 0.29) is 23.9 Å². The highest BCUT2D eigenvalue weighted by molar-refractivity contribution is 5.54. The molecule has 116 valence electrons. The van der Waals surface area contributed by atoms with Gasteiger partial charge >= 0.3 is 5.69 Å². The molecule has 0 aliphatic rings. The number of para-hydroxylation sites is 1. The lowest BCUT2D eigenvalue weighted by Gasteiger charge is -2.13. The van der Waals surface area contributed by atoms with Gasteiger partial charge < -0.3 is 10.5 Å². The van der Waals surface area contributed by atoms with Gasteiger partial charge in [-0.2, -0.15) is 0 Å². The zero-order chi connectivity index (χ0) is 16.1. The summed E-state index contributed by atoms with van der Waals surface area (Å²) in [4.78, 5) is 10.5. The van der Waals surface area contributed by atoms with Crippen LogP contribution in [0.2, 0.25) is 0 Å². The first-order valence-electron chi connectivity index (χ1n) is 7.03. The topological polar surface area (TPSA) is 87.4 Å². The molecule has 6 heteroatoms. The van der Waals surface area contributed by atoms with Crippen molar-refractivity contribution in [2.45, 2.75) is 26.3 Å². The Morgan fingerprint density at radius 3 is 2.50 bits per heavy atom. The molecule has 22 heavy (non-hydrogen) atoms. The average Bonchev–Trinajstić information content (AvgIpc) is 2.49. The van der Waals surface area contributed by atoms with Crippen molar-refractivity contribution in [2.24, 2.45) is 0 Å². The number of nitro groups is 1. The van der Waals surface area contributed by atoms with Gasteiger partial charge in [0.1, 0.15) is 0 Å². The molecule has 3 N–H and O–H groups in total. The Hall–Kier alpha value is -2.60. The Bertz CT molecular complexity index is 657. The summed E-state index contributed by atoms with van der Waals surface area (Å²) in [5.41, 5.74) is 7.86. The second-order valence-corrected chi connectivity index (χ2v) is 5.30. The Kier molecular flexibility index (Phi) is 4.95. The molecule has 0 saturated carbocycles. The summed E-state index contributed by atoms with van der Waals surface area (Å²) >= 11 is 0. The van der Waals surface area contributed by atoms with E-state index in [1.807, 2.05) is 44.2 Å². The Morgan fingerprint density at radius 2 is 1.91 bits per heavy atom. The summed E-state index contributed by atoms with van der Waals surface area (Å²) in [5.74, 6) is -0.156. The molecule has 0 aromatic heterocycles. The predicted molar refractivity (Wildman–Crippen MR) is 85.8 cm³/mol. The molecule has 0 radical (unpaired) electrons. The number of anilines is 1. The number of nitrogens with one attached hydrogen (secondary N) is 2. The molecule has 0 unspecified atom stereocenters. The largest absolute Gasteiger partial charge is 0.502 e. The van der Waals surface area contributed by atoms with Crippen LogP contribution in [0.5, 0.6) is 5.75 Å². The average molecular weight is 301 g/mol. The SMILES string of the molecule is CC(C)c1cc(CNNc2ccccc2)c(O)c([N+](=O)[O-])c1. The van der Waals surface area contributed by atoms with Crippen LogP contribution in [0.15, 0.2) is 42.5 Å². The van der Waals surface area contributed by atoms with Gasteiger partial charge in [-0.3, -0.25) is 10.1 Å². The molecule has 0 aliphatic carbocycles. The first kappa shape index (κ1) is 15.8. The quantitative estimate of drug-likeness (QED) is 0.561. The number of hydrogen-bond donors (Lipinski definition) is 3. The molecule has 2 aromatic rings. The van der Waals surface area contributed by atoms with Crippen molar-refractivity contribution in [1.29, 1.82) is 0 Å². The molecule has 2 aromatic carbocycles. The van der Waals surface area contributed by atoms with E-state index in [9.17, 15) is 15.2 Å². The van der Waals surface area contributed by atoms with Gasteiger partial charge in [-0.05, 0) is 29.7 Å². The van der Waals surface area contributed by atoms with E-state index in [0.717, 1.165) is 11.3 Å². The van der Waals surface area contributed by atoms with Gasteiger partial charge in [0.2, 0.25) is 0 Å². The molecule has 0 spiro atoms. The molecule has 0 atom stereocenters. The first-order valence-corrected chi connectivity index (χ1v) is 7.03. The molecule has 0 heterocycles. The van der Waals surface area contributed by atoms with Crippen LogP contribution in [-0.2, 0) is 6.54 Å². The fraction of sp³-hybridized carbons (Fsp3) is 0.250. The molecular weight excluding hydrogens is 282 g/mol. The zero-order valence-corrected chi connectivity index (χ0v) is 12.5. The lowest BCUT2D eigenvalue weighted by molar-refractivity contribution is -0.386. The lowest BCUT2D eigenvalue weighted by Crippen LogP contribution is -2.21. The molecular formula is C16H19N3O3. The van der Waals surface area contributed by atoms with Crippen molar-refractivity contribution >= 4 is 11.4 Å². The minimum Gasteiger partial charge on any atom is -0.502 e. The molecule has 6 nitrogen and oxygen atoms in total. The lowest BCUT2D eigenvalue weighted by atomic mass is 9.99. The van der Waals surface area contributed by atoms with E-state index in [0.29, 0.717) is 5.56 Å². The van der Waals surface area contributed by atoms with Gasteiger partial charge in [0.05, 0.1) is 4.92 Å². The smallest absolute Gasteiger partial charge is 0.311 e. The normalized spacial score (nSPS) is 10.7. The third kappa shape index (κ3) is 3.73. The van der Waals surface area contributed by atoms with E-state index < -0.39 is 4.92 Å². The second-order valence-electron chi connectivity index (χ2n) is 5.30. The van der Waals surface area contributed by atoms with Crippen molar-refractivity contribution < 1.29 is 10.0 Å². The number of phenolic OH excluding ortho intramolecular Hbond substituents is 1. The van der Waals surface area contributed by atoms with Crippen molar-refractivity contribution in [1.82, 2.24) is 5.43 Å². The van der Waals surface area contributed by atoms with Crippen molar-refractivity contribution in [3.05, 3.63) is 63.7 Å². The van der Waals surface area contributed by atoms with Crippen LogP contribution in [0, 0.1) is 10.1 Å². The van der Waals surface area contributed by atoms with Crippen molar-refractivity contribution in [3.8, 4) is 5.75 Å². The second kappa shape index (κ2) is 6.91. The summed E-state index contributed by atoms with van der Waals surface area (Å²) in [6, 6.07) is 12.7. The van der Waals surface area contributed by atoms with Crippen LogP contribution in [0.1, 0.15) is 30.9 Å². The maximum absolute atomic E-state index is 11.1. The van der Waals surface area contributed by atoms with Crippen LogP contribution in [0.25, 0.3) is 0 Å². The van der Waals surface area contributed by atoms with Crippen LogP contribution in [-0.4, -0.2) is 10.0 Å². The van der Waals surface area contributed by atoms with Crippen LogP contribution >= 0.6 is 0 Å². The van der Waals surface area contributed by atoms with Gasteiger partial charge in [-0.1, -0.05) is 32.0 Å². The number of rotatable bonds is 6. The molecule has 0 fully saturated rings. The third-order valence-electron chi connectivity index (χ3n) is 3.34. The van der Waals surface area contributed by atoms with Gasteiger partial charge in [-0.25, -0.2) is 5.43 Å². The van der Waals surface area contributed by atoms with E-state index in [4.69, 9.17) is 0 Å². The summed E-state index contributed by atoms with van der Waals surface area (Å²) in [7, 11) is 0. The van der Waals surface area contributed by atoms with Crippen LogP contribution < -0.4 is 10.9 Å². The molecule has 0 saturated heterocycles. The minimum atomic E-state index is -0.560. The predicted octanol–water partition coefficient (Wildman–Crippen LogP) is 3.54. The zero-order valence-electron chi connectivity index (χ0n) is 12.5. The third-order valence-corrected chi connectivity index (χ3v) is 3.34. The van der Waals surface area contributed by atoms with Crippen LogP contribution in [0.3, 0.4) is 0 Å². The maximum atomic E-state index is 11.1. The van der Waals surface area contributed by atoms with E-state index in [2.05, 4.69) is 10.9 Å². The van der Waals surface area contributed by atoms with Crippen molar-refractivity contribution in [3.63, 3.8) is 0 Å². The van der Waals surface area contributed by atoms with Gasteiger partial charge in [0, 0.05) is 23.9 Å². The number of nitrogens with zero attached hydrogens (tertiary/aromatic N) is 1. The molecule has 0 aliphatic heterocycles. The highest BCUT2D eigenvalue weighted by Gasteiger charge is 2.19. The number of phenols is 1. The number of hydrogen-bond acceptors (Lipinski definition) is 5. The van der Waals surface area contributed by atoms with E-state index >= 15 is 0 Å². The maximum Gasteiger partial charge on any atom is 0.311 e. The van der Waals surface area contributed by atoms with Crippen molar-refractivity contribution in [2.75, 3.05) is 5.43 Å². The monoisotopic (exact) mass is 301 g/mol. The Labute approximate surface area is 128 Å². The number of benzene rings is 2. The van der Waals surface area contributed by atoms with Gasteiger partial charge in [0.25, 0.3) is 0 Å². The highest BCUT2D eigenvalue weighted by Crippen LogP contribution is 2.33. The first-order chi connectivity index (χ1) is 10.5. The van der Waals surface area contributed by atoms with Crippen LogP contribution in [0.4, 0.5) is 11.4 Å². The highest BCUT2D eigenvalue weighted by atomic mass is 16.6.